The monoisotopic (exact) mass is 405 g/mol. The van der Waals surface area contributed by atoms with Crippen molar-refractivity contribution in [3.63, 3.8) is 0 Å². The minimum absolute atomic E-state index is 0.0964. The van der Waals surface area contributed by atoms with Crippen LogP contribution in [-0.4, -0.2) is 31.8 Å². The van der Waals surface area contributed by atoms with Gasteiger partial charge >= 0.3 is 0 Å². The fourth-order valence-electron chi connectivity index (χ4n) is 2.28. The van der Waals surface area contributed by atoms with E-state index in [1.807, 2.05) is 17.5 Å². The van der Waals surface area contributed by atoms with Crippen molar-refractivity contribution in [2.24, 2.45) is 5.73 Å². The van der Waals surface area contributed by atoms with Crippen LogP contribution in [-0.2, 0) is 16.1 Å². The third kappa shape index (κ3) is 4.72. The van der Waals surface area contributed by atoms with Gasteiger partial charge in [0.1, 0.15) is 12.4 Å². The van der Waals surface area contributed by atoms with Crippen molar-refractivity contribution in [1.82, 2.24) is 14.8 Å². The summed E-state index contributed by atoms with van der Waals surface area (Å²) in [6.07, 6.45) is 0. The molecule has 0 radical (unpaired) electrons. The molecule has 0 fully saturated rings. The molecule has 0 aliphatic rings. The molecular formula is C17H16FN5O2S2. The molecule has 3 aromatic rings. The van der Waals surface area contributed by atoms with Gasteiger partial charge in [0, 0.05) is 5.69 Å². The summed E-state index contributed by atoms with van der Waals surface area (Å²) in [5.41, 5.74) is 5.71. The van der Waals surface area contributed by atoms with Gasteiger partial charge < -0.3 is 11.1 Å². The van der Waals surface area contributed by atoms with E-state index in [0.29, 0.717) is 16.7 Å². The fourth-order valence-corrected chi connectivity index (χ4v) is 3.85. The SMILES string of the molecule is C[C@H](Sc1nnc(-c2cccs2)n1CC(N)=O)C(=O)Nc1cccc(F)c1. The molecule has 10 heteroatoms. The van der Waals surface area contributed by atoms with Crippen LogP contribution in [0.4, 0.5) is 10.1 Å². The third-order valence-electron chi connectivity index (χ3n) is 3.52. The first-order valence-corrected chi connectivity index (χ1v) is 9.68. The zero-order valence-corrected chi connectivity index (χ0v) is 15.9. The second-order valence-corrected chi connectivity index (χ2v) is 7.85. The molecule has 140 valence electrons. The number of thiophene rings is 1. The maximum Gasteiger partial charge on any atom is 0.237 e. The highest BCUT2D eigenvalue weighted by molar-refractivity contribution is 8.00. The fraction of sp³-hybridized carbons (Fsp3) is 0.176. The molecule has 2 heterocycles. The van der Waals surface area contributed by atoms with E-state index in [-0.39, 0.29) is 12.5 Å². The number of nitrogens with one attached hydrogen (secondary N) is 1. The average molecular weight is 405 g/mol. The zero-order chi connectivity index (χ0) is 19.4. The number of nitrogens with zero attached hydrogens (tertiary/aromatic N) is 3. The number of halogens is 1. The standard InChI is InChI=1S/C17H16FN5O2S2/c1-10(16(25)20-12-5-2-4-11(18)8-12)27-17-22-21-15(13-6-3-7-26-13)23(17)9-14(19)24/h2-8,10H,9H2,1H3,(H2,19,24)(H,20,25)/t10-/m0/s1. The Labute approximate surface area is 162 Å². The molecule has 7 nitrogen and oxygen atoms in total. The number of amides is 2. The number of anilines is 1. The van der Waals surface area contributed by atoms with E-state index < -0.39 is 17.0 Å². The highest BCUT2D eigenvalue weighted by Crippen LogP contribution is 2.29. The summed E-state index contributed by atoms with van der Waals surface area (Å²) in [4.78, 5) is 24.7. The summed E-state index contributed by atoms with van der Waals surface area (Å²) in [5.74, 6) is -0.776. The Morgan fingerprint density at radius 2 is 2.15 bits per heavy atom. The lowest BCUT2D eigenvalue weighted by atomic mass is 10.3. The van der Waals surface area contributed by atoms with Gasteiger partial charge in [0.25, 0.3) is 0 Å². The van der Waals surface area contributed by atoms with E-state index in [2.05, 4.69) is 15.5 Å². The van der Waals surface area contributed by atoms with Crippen molar-refractivity contribution < 1.29 is 14.0 Å². The number of thioether (sulfide) groups is 1. The van der Waals surface area contributed by atoms with Crippen molar-refractivity contribution in [3.8, 4) is 10.7 Å². The summed E-state index contributed by atoms with van der Waals surface area (Å²) < 4.78 is 14.8. The Bertz CT molecular complexity index is 958. The predicted molar refractivity (Wildman–Crippen MR) is 103 cm³/mol. The maximum atomic E-state index is 13.3. The number of benzene rings is 1. The van der Waals surface area contributed by atoms with Crippen LogP contribution in [0.25, 0.3) is 10.7 Å². The lowest BCUT2D eigenvalue weighted by Crippen LogP contribution is -2.24. The number of aromatic nitrogens is 3. The number of primary amides is 1. The molecule has 2 aromatic heterocycles. The van der Waals surface area contributed by atoms with Gasteiger partial charge in [-0.2, -0.15) is 0 Å². The van der Waals surface area contributed by atoms with Crippen LogP contribution in [0.5, 0.6) is 0 Å². The van der Waals surface area contributed by atoms with Crippen molar-refractivity contribution in [1.29, 1.82) is 0 Å². The number of carbonyl (C=O) groups is 2. The first-order valence-electron chi connectivity index (χ1n) is 7.92. The first kappa shape index (κ1) is 19.1. The van der Waals surface area contributed by atoms with Gasteiger partial charge in [-0.15, -0.1) is 21.5 Å². The molecule has 2 amide bonds. The predicted octanol–water partition coefficient (Wildman–Crippen LogP) is 2.75. The number of hydrogen-bond acceptors (Lipinski definition) is 6. The highest BCUT2D eigenvalue weighted by Gasteiger charge is 2.22. The van der Waals surface area contributed by atoms with E-state index in [1.165, 1.54) is 29.5 Å². The van der Waals surface area contributed by atoms with E-state index in [0.717, 1.165) is 16.6 Å². The van der Waals surface area contributed by atoms with Crippen LogP contribution in [0.3, 0.4) is 0 Å². The lowest BCUT2D eigenvalue weighted by molar-refractivity contribution is -0.118. The normalized spacial score (nSPS) is 11.9. The smallest absolute Gasteiger partial charge is 0.237 e. The molecular weight excluding hydrogens is 389 g/mol. The number of rotatable bonds is 7. The molecule has 1 atom stereocenters. The minimum Gasteiger partial charge on any atom is -0.368 e. The second kappa shape index (κ2) is 8.31. The van der Waals surface area contributed by atoms with Gasteiger partial charge in [0.2, 0.25) is 11.8 Å². The Balaban J connectivity index is 1.77. The Kier molecular flexibility index (Phi) is 5.87. The van der Waals surface area contributed by atoms with Crippen molar-refractivity contribution in [3.05, 3.63) is 47.6 Å². The Morgan fingerprint density at radius 1 is 1.33 bits per heavy atom. The summed E-state index contributed by atoms with van der Waals surface area (Å²) in [7, 11) is 0. The molecule has 0 aliphatic carbocycles. The van der Waals surface area contributed by atoms with Crippen LogP contribution in [0.15, 0.2) is 46.9 Å². The molecule has 0 saturated carbocycles. The van der Waals surface area contributed by atoms with Crippen LogP contribution >= 0.6 is 23.1 Å². The molecule has 0 aliphatic heterocycles. The Morgan fingerprint density at radius 3 is 2.81 bits per heavy atom. The molecule has 0 saturated heterocycles. The van der Waals surface area contributed by atoms with Gasteiger partial charge in [0.15, 0.2) is 11.0 Å². The highest BCUT2D eigenvalue weighted by atomic mass is 32.2. The average Bonchev–Trinajstić information content (AvgIpc) is 3.25. The van der Waals surface area contributed by atoms with Gasteiger partial charge in [-0.25, -0.2) is 4.39 Å². The molecule has 3 N–H and O–H groups in total. The van der Waals surface area contributed by atoms with Gasteiger partial charge in [-0.3, -0.25) is 14.2 Å². The van der Waals surface area contributed by atoms with Crippen LogP contribution in [0.1, 0.15) is 6.92 Å². The van der Waals surface area contributed by atoms with E-state index in [4.69, 9.17) is 5.73 Å². The van der Waals surface area contributed by atoms with E-state index in [1.54, 1.807) is 17.6 Å². The summed E-state index contributed by atoms with van der Waals surface area (Å²) in [6, 6.07) is 9.38. The van der Waals surface area contributed by atoms with E-state index in [9.17, 15) is 14.0 Å². The summed E-state index contributed by atoms with van der Waals surface area (Å²) in [5, 5.41) is 12.6. The maximum absolute atomic E-state index is 13.3. The summed E-state index contributed by atoms with van der Waals surface area (Å²) >= 11 is 2.60. The van der Waals surface area contributed by atoms with Crippen molar-refractivity contribution in [2.75, 3.05) is 5.32 Å². The molecule has 0 bridgehead atoms. The largest absolute Gasteiger partial charge is 0.368 e. The number of nitrogens with two attached hydrogens (primary N) is 1. The quantitative estimate of drug-likeness (QED) is 0.589. The molecule has 3 rings (SSSR count). The molecule has 1 aromatic carbocycles. The van der Waals surface area contributed by atoms with E-state index >= 15 is 0 Å². The third-order valence-corrected chi connectivity index (χ3v) is 5.46. The first-order chi connectivity index (χ1) is 12.9. The number of hydrogen-bond donors (Lipinski definition) is 2. The van der Waals surface area contributed by atoms with Crippen molar-refractivity contribution in [2.45, 2.75) is 23.9 Å². The van der Waals surface area contributed by atoms with Crippen LogP contribution < -0.4 is 11.1 Å². The zero-order valence-electron chi connectivity index (χ0n) is 14.3. The molecule has 0 spiro atoms. The van der Waals surface area contributed by atoms with Gasteiger partial charge in [0.05, 0.1) is 10.1 Å². The van der Waals surface area contributed by atoms with Gasteiger partial charge in [-0.1, -0.05) is 23.9 Å². The Hall–Kier alpha value is -2.72. The van der Waals surface area contributed by atoms with Crippen LogP contribution in [0, 0.1) is 5.82 Å². The molecule has 0 unspecified atom stereocenters. The van der Waals surface area contributed by atoms with Crippen molar-refractivity contribution >= 4 is 40.6 Å². The minimum atomic E-state index is -0.555. The topological polar surface area (TPSA) is 103 Å². The van der Waals surface area contributed by atoms with Crippen LogP contribution in [0.2, 0.25) is 0 Å². The second-order valence-electron chi connectivity index (χ2n) is 5.60. The summed E-state index contributed by atoms with van der Waals surface area (Å²) in [6.45, 7) is 1.59. The van der Waals surface area contributed by atoms with Gasteiger partial charge in [-0.05, 0) is 36.6 Å². The lowest BCUT2D eigenvalue weighted by Gasteiger charge is -2.13. The number of carbonyl (C=O) groups excluding carboxylic acids is 2. The molecule has 27 heavy (non-hydrogen) atoms.